The molecule has 3 atom stereocenters. The molecule has 0 spiro atoms. The second-order valence-corrected chi connectivity index (χ2v) is 6.86. The van der Waals surface area contributed by atoms with Crippen molar-refractivity contribution < 1.29 is 14.3 Å². The van der Waals surface area contributed by atoms with Gasteiger partial charge in [0.2, 0.25) is 0 Å². The summed E-state index contributed by atoms with van der Waals surface area (Å²) in [7, 11) is 1.39. The van der Waals surface area contributed by atoms with Crippen LogP contribution in [0, 0.1) is 22.7 Å². The predicted molar refractivity (Wildman–Crippen MR) is 69.0 cm³/mol. The average molecular weight is 252 g/mol. The fourth-order valence-corrected chi connectivity index (χ4v) is 4.55. The molecule has 2 saturated carbocycles. The van der Waals surface area contributed by atoms with Gasteiger partial charge in [0.25, 0.3) is 0 Å². The number of hydrogen-bond donors (Lipinski definition) is 0. The van der Waals surface area contributed by atoms with Crippen molar-refractivity contribution in [2.45, 2.75) is 52.9 Å². The Kier molecular flexibility index (Phi) is 3.28. The Morgan fingerprint density at radius 3 is 2.56 bits per heavy atom. The van der Waals surface area contributed by atoms with Gasteiger partial charge in [-0.2, -0.15) is 0 Å². The lowest BCUT2D eigenvalue weighted by molar-refractivity contribution is -0.167. The molecule has 0 aliphatic heterocycles. The van der Waals surface area contributed by atoms with Crippen LogP contribution in [-0.2, 0) is 14.3 Å². The van der Waals surface area contributed by atoms with E-state index in [0.717, 1.165) is 19.3 Å². The smallest absolute Gasteiger partial charge is 0.316 e. The second-order valence-electron chi connectivity index (χ2n) is 6.86. The number of carbonyl (C=O) groups is 2. The molecule has 3 heteroatoms. The van der Waals surface area contributed by atoms with E-state index in [9.17, 15) is 9.59 Å². The summed E-state index contributed by atoms with van der Waals surface area (Å²) in [6.07, 6.45) is 4.71. The summed E-state index contributed by atoms with van der Waals surface area (Å²) in [6.45, 7) is 6.68. The molecule has 0 unspecified atom stereocenters. The van der Waals surface area contributed by atoms with E-state index in [4.69, 9.17) is 4.74 Å². The maximum atomic E-state index is 12.2. The minimum Gasteiger partial charge on any atom is -0.468 e. The number of hydrogen-bond acceptors (Lipinski definition) is 3. The SMILES string of the molecule is COC(=O)[C@H]1C(=O)CC[C@H]2C(C)(C)CCC[C@@]12C. The van der Waals surface area contributed by atoms with Crippen LogP contribution in [0.4, 0.5) is 0 Å². The van der Waals surface area contributed by atoms with E-state index in [0.29, 0.717) is 12.3 Å². The fraction of sp³-hybridized carbons (Fsp3) is 0.867. The highest BCUT2D eigenvalue weighted by molar-refractivity contribution is 6.00. The first-order chi connectivity index (χ1) is 8.33. The minimum absolute atomic E-state index is 0.0818. The third-order valence-electron chi connectivity index (χ3n) is 5.37. The summed E-state index contributed by atoms with van der Waals surface area (Å²) in [5.74, 6) is -0.343. The van der Waals surface area contributed by atoms with Crippen molar-refractivity contribution in [3.8, 4) is 0 Å². The number of Topliss-reactive ketones (excluding diaryl/α,β-unsaturated/α-hetero) is 1. The number of ether oxygens (including phenoxy) is 1. The summed E-state index contributed by atoms with van der Waals surface area (Å²) < 4.78 is 4.88. The molecule has 2 rings (SSSR count). The number of fused-ring (bicyclic) bond motifs is 1. The van der Waals surface area contributed by atoms with E-state index in [-0.39, 0.29) is 22.6 Å². The Bertz CT molecular complexity index is 364. The molecule has 0 heterocycles. The summed E-state index contributed by atoms with van der Waals surface area (Å²) in [5, 5.41) is 0. The van der Waals surface area contributed by atoms with E-state index in [1.54, 1.807) is 0 Å². The minimum atomic E-state index is -0.541. The molecule has 3 nitrogen and oxygen atoms in total. The third kappa shape index (κ3) is 1.88. The number of esters is 1. The monoisotopic (exact) mass is 252 g/mol. The molecule has 102 valence electrons. The Morgan fingerprint density at radius 1 is 1.28 bits per heavy atom. The van der Waals surface area contributed by atoms with Crippen LogP contribution in [-0.4, -0.2) is 18.9 Å². The van der Waals surface area contributed by atoms with Gasteiger partial charge in [0, 0.05) is 6.42 Å². The first-order valence-corrected chi connectivity index (χ1v) is 6.93. The van der Waals surface area contributed by atoms with E-state index >= 15 is 0 Å². The van der Waals surface area contributed by atoms with E-state index < -0.39 is 5.92 Å². The van der Waals surface area contributed by atoms with Crippen molar-refractivity contribution in [3.05, 3.63) is 0 Å². The van der Waals surface area contributed by atoms with Gasteiger partial charge in [0.05, 0.1) is 7.11 Å². The standard InChI is InChI=1S/C15H24O3/c1-14(2)8-5-9-15(3)11(14)7-6-10(16)12(15)13(17)18-4/h11-12H,5-9H2,1-4H3/t11-,12+,15+/m0/s1. The second kappa shape index (κ2) is 4.36. The van der Waals surface area contributed by atoms with Gasteiger partial charge in [-0.15, -0.1) is 0 Å². The van der Waals surface area contributed by atoms with Gasteiger partial charge in [-0.05, 0) is 36.0 Å². The predicted octanol–water partition coefficient (Wildman–Crippen LogP) is 2.97. The van der Waals surface area contributed by atoms with Crippen molar-refractivity contribution in [1.82, 2.24) is 0 Å². The van der Waals surface area contributed by atoms with Crippen LogP contribution in [0.5, 0.6) is 0 Å². The molecule has 2 aliphatic carbocycles. The first kappa shape index (κ1) is 13.6. The van der Waals surface area contributed by atoms with Crippen LogP contribution in [0.25, 0.3) is 0 Å². The normalized spacial score (nSPS) is 39.0. The van der Waals surface area contributed by atoms with Gasteiger partial charge >= 0.3 is 5.97 Å². The quantitative estimate of drug-likeness (QED) is 0.532. The highest BCUT2D eigenvalue weighted by atomic mass is 16.5. The van der Waals surface area contributed by atoms with Crippen LogP contribution in [0.2, 0.25) is 0 Å². The Labute approximate surface area is 109 Å². The molecule has 2 fully saturated rings. The molecule has 2 aliphatic rings. The number of rotatable bonds is 1. The maximum absolute atomic E-state index is 12.2. The van der Waals surface area contributed by atoms with Crippen molar-refractivity contribution in [2.24, 2.45) is 22.7 Å². The summed E-state index contributed by atoms with van der Waals surface area (Å²) in [5.41, 5.74) is 0.0180. The number of methoxy groups -OCH3 is 1. The van der Waals surface area contributed by atoms with Gasteiger partial charge in [-0.1, -0.05) is 27.2 Å². The van der Waals surface area contributed by atoms with Crippen LogP contribution in [0.3, 0.4) is 0 Å². The Balaban J connectivity index is 2.40. The molecule has 0 amide bonds. The molecule has 18 heavy (non-hydrogen) atoms. The zero-order valence-corrected chi connectivity index (χ0v) is 11.9. The highest BCUT2D eigenvalue weighted by Gasteiger charge is 2.57. The lowest BCUT2D eigenvalue weighted by atomic mass is 9.48. The van der Waals surface area contributed by atoms with Crippen molar-refractivity contribution in [2.75, 3.05) is 7.11 Å². The average Bonchev–Trinajstić information content (AvgIpc) is 2.26. The largest absolute Gasteiger partial charge is 0.468 e. The van der Waals surface area contributed by atoms with Gasteiger partial charge in [-0.3, -0.25) is 9.59 Å². The van der Waals surface area contributed by atoms with Crippen LogP contribution < -0.4 is 0 Å². The van der Waals surface area contributed by atoms with E-state index in [1.807, 2.05) is 0 Å². The molecule has 0 aromatic rings. The summed E-state index contributed by atoms with van der Waals surface area (Å²) in [6, 6.07) is 0. The zero-order valence-electron chi connectivity index (χ0n) is 11.9. The van der Waals surface area contributed by atoms with Crippen molar-refractivity contribution in [1.29, 1.82) is 0 Å². The van der Waals surface area contributed by atoms with Crippen molar-refractivity contribution >= 4 is 11.8 Å². The van der Waals surface area contributed by atoms with Crippen LogP contribution in [0.15, 0.2) is 0 Å². The lowest BCUT2D eigenvalue weighted by Gasteiger charge is -2.55. The third-order valence-corrected chi connectivity index (χ3v) is 5.37. The molecule has 0 aromatic carbocycles. The van der Waals surface area contributed by atoms with Gasteiger partial charge in [0.15, 0.2) is 0 Å². The zero-order chi connectivity index (χ0) is 13.6. The number of ketones is 1. The van der Waals surface area contributed by atoms with Gasteiger partial charge in [-0.25, -0.2) is 0 Å². The fourth-order valence-electron chi connectivity index (χ4n) is 4.55. The first-order valence-electron chi connectivity index (χ1n) is 6.93. The topological polar surface area (TPSA) is 43.4 Å². The molecular weight excluding hydrogens is 228 g/mol. The van der Waals surface area contributed by atoms with Gasteiger partial charge in [0.1, 0.15) is 11.7 Å². The molecule has 0 saturated heterocycles. The Morgan fingerprint density at radius 2 is 1.94 bits per heavy atom. The highest BCUT2D eigenvalue weighted by Crippen LogP contribution is 2.59. The summed E-state index contributed by atoms with van der Waals surface area (Å²) >= 11 is 0. The Hall–Kier alpha value is -0.860. The lowest BCUT2D eigenvalue weighted by Crippen LogP contribution is -2.54. The van der Waals surface area contributed by atoms with E-state index in [1.165, 1.54) is 13.5 Å². The van der Waals surface area contributed by atoms with Crippen LogP contribution in [0.1, 0.15) is 52.9 Å². The molecule has 0 N–H and O–H groups in total. The number of carbonyl (C=O) groups excluding carboxylic acids is 2. The van der Waals surface area contributed by atoms with Crippen molar-refractivity contribution in [3.63, 3.8) is 0 Å². The molecule has 0 bridgehead atoms. The molecule has 0 aromatic heterocycles. The van der Waals surface area contributed by atoms with E-state index in [2.05, 4.69) is 20.8 Å². The van der Waals surface area contributed by atoms with Crippen LogP contribution >= 0.6 is 0 Å². The molecular formula is C15H24O3. The summed E-state index contributed by atoms with van der Waals surface area (Å²) in [4.78, 5) is 24.2. The van der Waals surface area contributed by atoms with Gasteiger partial charge < -0.3 is 4.74 Å². The molecule has 0 radical (unpaired) electrons. The maximum Gasteiger partial charge on any atom is 0.316 e.